The van der Waals surface area contributed by atoms with Crippen molar-refractivity contribution in [2.75, 3.05) is 11.9 Å². The molecule has 0 spiro atoms. The van der Waals surface area contributed by atoms with E-state index in [1.807, 2.05) is 6.92 Å². The Hall–Kier alpha value is -1.62. The van der Waals surface area contributed by atoms with Crippen molar-refractivity contribution in [1.29, 1.82) is 0 Å². The van der Waals surface area contributed by atoms with E-state index in [2.05, 4.69) is 10.3 Å². The van der Waals surface area contributed by atoms with Crippen LogP contribution in [-0.4, -0.2) is 34.8 Å². The van der Waals surface area contributed by atoms with Gasteiger partial charge < -0.3 is 15.2 Å². The summed E-state index contributed by atoms with van der Waals surface area (Å²) in [5, 5.41) is 12.2. The van der Waals surface area contributed by atoms with Crippen LogP contribution in [0, 0.1) is 0 Å². The summed E-state index contributed by atoms with van der Waals surface area (Å²) in [6.07, 6.45) is 3.99. The number of aromatic carboxylic acids is 1. The molecule has 1 aromatic heterocycles. The minimum absolute atomic E-state index is 0.0989. The summed E-state index contributed by atoms with van der Waals surface area (Å²) in [5.74, 6) is -0.948. The fourth-order valence-corrected chi connectivity index (χ4v) is 1.82. The molecule has 2 rings (SSSR count). The van der Waals surface area contributed by atoms with Crippen LogP contribution in [0.2, 0.25) is 0 Å². The molecule has 1 aliphatic rings. The molecule has 16 heavy (non-hydrogen) atoms. The van der Waals surface area contributed by atoms with Crippen LogP contribution in [0.25, 0.3) is 0 Å². The van der Waals surface area contributed by atoms with Gasteiger partial charge >= 0.3 is 5.97 Å². The van der Waals surface area contributed by atoms with Crippen LogP contribution in [0.5, 0.6) is 0 Å². The number of anilines is 1. The van der Waals surface area contributed by atoms with E-state index >= 15 is 0 Å². The zero-order chi connectivity index (χ0) is 11.5. The van der Waals surface area contributed by atoms with E-state index < -0.39 is 5.97 Å². The number of aromatic nitrogens is 1. The van der Waals surface area contributed by atoms with Gasteiger partial charge in [0.1, 0.15) is 0 Å². The van der Waals surface area contributed by atoms with E-state index in [4.69, 9.17) is 9.84 Å². The lowest BCUT2D eigenvalue weighted by Crippen LogP contribution is -2.27. The van der Waals surface area contributed by atoms with Crippen molar-refractivity contribution in [2.24, 2.45) is 0 Å². The van der Waals surface area contributed by atoms with Gasteiger partial charge in [-0.05, 0) is 19.4 Å². The molecule has 5 nitrogen and oxygen atoms in total. The van der Waals surface area contributed by atoms with Crippen LogP contribution in [0.3, 0.4) is 0 Å². The molecule has 2 atom stereocenters. The van der Waals surface area contributed by atoms with E-state index in [1.165, 1.54) is 18.5 Å². The molecule has 5 heteroatoms. The van der Waals surface area contributed by atoms with Gasteiger partial charge in [0.05, 0.1) is 29.6 Å². The minimum atomic E-state index is -0.948. The Morgan fingerprint density at radius 2 is 2.50 bits per heavy atom. The standard InChI is InChI=1S/C11H14N2O3/c1-7-9(3-5-16-7)13-10-6-12-4-2-8(10)11(14)15/h2,4,6-7,9,13H,3,5H2,1H3,(H,14,15). The molecule has 1 aromatic rings. The van der Waals surface area contributed by atoms with E-state index in [-0.39, 0.29) is 17.7 Å². The third-order valence-corrected chi connectivity index (χ3v) is 2.77. The average molecular weight is 222 g/mol. The van der Waals surface area contributed by atoms with Gasteiger partial charge in [-0.25, -0.2) is 4.79 Å². The largest absolute Gasteiger partial charge is 0.478 e. The van der Waals surface area contributed by atoms with Gasteiger partial charge in [0, 0.05) is 12.8 Å². The number of pyridine rings is 1. The van der Waals surface area contributed by atoms with Crippen LogP contribution in [0.15, 0.2) is 18.5 Å². The van der Waals surface area contributed by atoms with Crippen molar-refractivity contribution < 1.29 is 14.6 Å². The van der Waals surface area contributed by atoms with E-state index in [9.17, 15) is 4.79 Å². The maximum atomic E-state index is 11.0. The predicted molar refractivity (Wildman–Crippen MR) is 58.6 cm³/mol. The first-order valence-corrected chi connectivity index (χ1v) is 5.24. The number of ether oxygens (including phenoxy) is 1. The summed E-state index contributed by atoms with van der Waals surface area (Å²) in [7, 11) is 0. The molecule has 1 aliphatic heterocycles. The van der Waals surface area contributed by atoms with E-state index in [0.29, 0.717) is 12.3 Å². The normalized spacial score (nSPS) is 24.3. The number of hydrogen-bond donors (Lipinski definition) is 2. The Morgan fingerprint density at radius 3 is 3.12 bits per heavy atom. The molecule has 2 N–H and O–H groups in total. The zero-order valence-electron chi connectivity index (χ0n) is 9.01. The zero-order valence-corrected chi connectivity index (χ0v) is 9.01. The van der Waals surface area contributed by atoms with Gasteiger partial charge in [0.15, 0.2) is 0 Å². The van der Waals surface area contributed by atoms with Crippen molar-refractivity contribution in [1.82, 2.24) is 4.98 Å². The summed E-state index contributed by atoms with van der Waals surface area (Å²) >= 11 is 0. The van der Waals surface area contributed by atoms with Crippen molar-refractivity contribution in [3.8, 4) is 0 Å². The van der Waals surface area contributed by atoms with Crippen LogP contribution >= 0.6 is 0 Å². The molecule has 0 saturated carbocycles. The highest BCUT2D eigenvalue weighted by atomic mass is 16.5. The Kier molecular flexibility index (Phi) is 3.05. The highest BCUT2D eigenvalue weighted by Gasteiger charge is 2.25. The van der Waals surface area contributed by atoms with Crippen molar-refractivity contribution >= 4 is 11.7 Å². The van der Waals surface area contributed by atoms with Crippen LogP contribution in [-0.2, 0) is 4.74 Å². The first-order chi connectivity index (χ1) is 7.68. The monoisotopic (exact) mass is 222 g/mol. The molecule has 0 bridgehead atoms. The van der Waals surface area contributed by atoms with Crippen LogP contribution in [0.4, 0.5) is 5.69 Å². The summed E-state index contributed by atoms with van der Waals surface area (Å²) < 4.78 is 5.41. The number of nitrogens with one attached hydrogen (secondary N) is 1. The summed E-state index contributed by atoms with van der Waals surface area (Å²) in [6, 6.07) is 1.65. The number of carboxylic acids is 1. The van der Waals surface area contributed by atoms with Gasteiger partial charge in [-0.2, -0.15) is 0 Å². The molecule has 0 aromatic carbocycles. The molecule has 1 saturated heterocycles. The molecule has 0 radical (unpaired) electrons. The highest BCUT2D eigenvalue weighted by molar-refractivity contribution is 5.93. The smallest absolute Gasteiger partial charge is 0.337 e. The topological polar surface area (TPSA) is 71.5 Å². The van der Waals surface area contributed by atoms with Gasteiger partial charge in [-0.15, -0.1) is 0 Å². The summed E-state index contributed by atoms with van der Waals surface area (Å²) in [5.41, 5.74) is 0.798. The van der Waals surface area contributed by atoms with Crippen LogP contribution in [0.1, 0.15) is 23.7 Å². The molecule has 2 heterocycles. The lowest BCUT2D eigenvalue weighted by molar-refractivity contribution is 0.0697. The maximum absolute atomic E-state index is 11.0. The molecule has 2 unspecified atom stereocenters. The number of hydrogen-bond acceptors (Lipinski definition) is 4. The molecule has 1 fully saturated rings. The van der Waals surface area contributed by atoms with Crippen LogP contribution < -0.4 is 5.32 Å². The van der Waals surface area contributed by atoms with Crippen molar-refractivity contribution in [2.45, 2.75) is 25.5 Å². The Bertz CT molecular complexity index is 395. The molecule has 86 valence electrons. The second-order valence-corrected chi connectivity index (χ2v) is 3.84. The van der Waals surface area contributed by atoms with Crippen molar-refractivity contribution in [3.05, 3.63) is 24.0 Å². The lowest BCUT2D eigenvalue weighted by Gasteiger charge is -2.18. The van der Waals surface area contributed by atoms with Gasteiger partial charge in [0.25, 0.3) is 0 Å². The summed E-state index contributed by atoms with van der Waals surface area (Å²) in [4.78, 5) is 14.9. The number of carboxylic acid groups (broad SMARTS) is 1. The highest BCUT2D eigenvalue weighted by Crippen LogP contribution is 2.21. The third kappa shape index (κ3) is 2.14. The van der Waals surface area contributed by atoms with Gasteiger partial charge in [0.2, 0.25) is 0 Å². The Morgan fingerprint density at radius 1 is 1.69 bits per heavy atom. The van der Waals surface area contributed by atoms with E-state index in [1.54, 1.807) is 0 Å². The molecule has 0 aliphatic carbocycles. The fraction of sp³-hybridized carbons (Fsp3) is 0.455. The lowest BCUT2D eigenvalue weighted by atomic mass is 10.1. The number of nitrogens with zero attached hydrogens (tertiary/aromatic N) is 1. The summed E-state index contributed by atoms with van der Waals surface area (Å²) in [6.45, 7) is 2.68. The second-order valence-electron chi connectivity index (χ2n) is 3.84. The Balaban J connectivity index is 2.17. The molecular weight excluding hydrogens is 208 g/mol. The van der Waals surface area contributed by atoms with Gasteiger partial charge in [-0.1, -0.05) is 0 Å². The average Bonchev–Trinajstić information content (AvgIpc) is 2.65. The first-order valence-electron chi connectivity index (χ1n) is 5.24. The maximum Gasteiger partial charge on any atom is 0.337 e. The third-order valence-electron chi connectivity index (χ3n) is 2.77. The minimum Gasteiger partial charge on any atom is -0.478 e. The molecular formula is C11H14N2O3. The number of carbonyl (C=O) groups is 1. The number of rotatable bonds is 3. The molecule has 0 amide bonds. The fourth-order valence-electron chi connectivity index (χ4n) is 1.82. The first kappa shape index (κ1) is 10.9. The van der Waals surface area contributed by atoms with E-state index in [0.717, 1.165) is 6.42 Å². The van der Waals surface area contributed by atoms with Gasteiger partial charge in [-0.3, -0.25) is 4.98 Å². The second kappa shape index (κ2) is 4.49. The Labute approximate surface area is 93.5 Å². The van der Waals surface area contributed by atoms with Crippen molar-refractivity contribution in [3.63, 3.8) is 0 Å². The quantitative estimate of drug-likeness (QED) is 0.808. The predicted octanol–water partition coefficient (Wildman–Crippen LogP) is 1.37. The SMILES string of the molecule is CC1OCCC1Nc1cnccc1C(=O)O.